The molecule has 0 aliphatic carbocycles. The van der Waals surface area contributed by atoms with Crippen molar-refractivity contribution in [3.63, 3.8) is 0 Å². The summed E-state index contributed by atoms with van der Waals surface area (Å²) in [6.07, 6.45) is 1.63. The van der Waals surface area contributed by atoms with Crippen LogP contribution in [0.2, 0.25) is 0 Å². The van der Waals surface area contributed by atoms with E-state index < -0.39 is 5.25 Å². The summed E-state index contributed by atoms with van der Waals surface area (Å²) in [4.78, 5) is 41.0. The molecule has 1 saturated heterocycles. The van der Waals surface area contributed by atoms with Crippen molar-refractivity contribution in [2.24, 2.45) is 13.0 Å². The van der Waals surface area contributed by atoms with Crippen molar-refractivity contribution in [3.05, 3.63) is 80.6 Å². The van der Waals surface area contributed by atoms with Crippen LogP contribution in [-0.2, 0) is 18.4 Å². The number of amides is 1. The van der Waals surface area contributed by atoms with E-state index in [1.54, 1.807) is 22.5 Å². The number of anilines is 1. The molecule has 3 atom stereocenters. The van der Waals surface area contributed by atoms with Gasteiger partial charge in [0.2, 0.25) is 5.91 Å². The van der Waals surface area contributed by atoms with Gasteiger partial charge in [0, 0.05) is 44.4 Å². The minimum atomic E-state index is -0.423. The molecule has 8 nitrogen and oxygen atoms in total. The van der Waals surface area contributed by atoms with Gasteiger partial charge in [-0.3, -0.25) is 19.1 Å². The second kappa shape index (κ2) is 10.3. The highest BCUT2D eigenvalue weighted by Crippen LogP contribution is 2.36. The standard InChI is InChI=1S/C27H31N5O3S2/c1-4-22(25(34)28-24-17(2)29(3)32(26(24)35)20-9-6-5-7-10-20)37-27(36)30-14-18-13-19(16-30)21-11-8-12-23(33)31(21)15-18/h5-12,18-19,22H,4,13-16H2,1-3H3,(H,28,34)/t18-,19-,22-/m0/s1. The minimum absolute atomic E-state index is 0.0582. The van der Waals surface area contributed by atoms with Gasteiger partial charge in [0.15, 0.2) is 0 Å². The number of fused-ring (bicyclic) bond motifs is 4. The molecule has 0 spiro atoms. The first-order valence-corrected chi connectivity index (χ1v) is 13.9. The van der Waals surface area contributed by atoms with Gasteiger partial charge in [-0.1, -0.05) is 55.2 Å². The highest BCUT2D eigenvalue weighted by Gasteiger charge is 2.36. The molecule has 0 radical (unpaired) electrons. The average Bonchev–Trinajstić information content (AvgIpc) is 3.11. The number of nitrogens with zero attached hydrogens (tertiary/aromatic N) is 4. The Bertz CT molecular complexity index is 1460. The number of carbonyl (C=O) groups excluding carboxylic acids is 1. The fourth-order valence-corrected chi connectivity index (χ4v) is 6.85. The second-order valence-corrected chi connectivity index (χ2v) is 11.6. The predicted octanol–water partition coefficient (Wildman–Crippen LogP) is 3.50. The van der Waals surface area contributed by atoms with E-state index in [0.29, 0.717) is 28.9 Å². The zero-order chi connectivity index (χ0) is 26.3. The van der Waals surface area contributed by atoms with Crippen molar-refractivity contribution in [2.75, 3.05) is 18.4 Å². The molecule has 0 unspecified atom stereocenters. The number of nitrogens with one attached hydrogen (secondary N) is 1. The molecule has 2 aliphatic rings. The first-order chi connectivity index (χ1) is 17.8. The molecule has 37 heavy (non-hydrogen) atoms. The third-order valence-corrected chi connectivity index (χ3v) is 9.29. The molecule has 1 N–H and O–H groups in total. The lowest BCUT2D eigenvalue weighted by Gasteiger charge is -2.43. The number of likely N-dealkylation sites (tertiary alicyclic amines) is 1. The van der Waals surface area contributed by atoms with E-state index in [-0.39, 0.29) is 28.6 Å². The summed E-state index contributed by atoms with van der Waals surface area (Å²) in [6.45, 7) is 6.00. The van der Waals surface area contributed by atoms with Crippen LogP contribution in [0, 0.1) is 12.8 Å². The Kier molecular flexibility index (Phi) is 7.13. The van der Waals surface area contributed by atoms with Gasteiger partial charge in [-0.05, 0) is 43.9 Å². The third kappa shape index (κ3) is 4.80. The minimum Gasteiger partial charge on any atom is -0.356 e. The van der Waals surface area contributed by atoms with Crippen LogP contribution in [0.15, 0.2) is 58.1 Å². The third-order valence-electron chi connectivity index (χ3n) is 7.45. The SMILES string of the molecule is CC[C@H](SC(=S)N1C[C@@H]2C[C@@H](C1)c1cccc(=O)n1C2)C(=O)Nc1c(C)n(C)n(-c2ccccc2)c1=O. The van der Waals surface area contributed by atoms with Gasteiger partial charge in [-0.15, -0.1) is 0 Å². The number of para-hydroxylation sites is 1. The second-order valence-electron chi connectivity index (χ2n) is 9.81. The molecular weight excluding hydrogens is 506 g/mol. The fraction of sp³-hybridized carbons (Fsp3) is 0.407. The Morgan fingerprint density at radius 3 is 2.59 bits per heavy atom. The summed E-state index contributed by atoms with van der Waals surface area (Å²) in [6, 6.07) is 14.8. The van der Waals surface area contributed by atoms with E-state index in [1.165, 1.54) is 11.8 Å². The van der Waals surface area contributed by atoms with Gasteiger partial charge in [0.1, 0.15) is 10.0 Å². The van der Waals surface area contributed by atoms with Crippen molar-refractivity contribution in [1.29, 1.82) is 0 Å². The number of piperidine rings is 1. The van der Waals surface area contributed by atoms with Crippen LogP contribution < -0.4 is 16.4 Å². The fourth-order valence-electron chi connectivity index (χ4n) is 5.48. The monoisotopic (exact) mass is 537 g/mol. The molecule has 2 aromatic heterocycles. The molecule has 1 amide bonds. The van der Waals surface area contributed by atoms with Gasteiger partial charge < -0.3 is 14.8 Å². The Balaban J connectivity index is 1.29. The molecule has 1 aromatic carbocycles. The van der Waals surface area contributed by atoms with Crippen molar-refractivity contribution in [2.45, 2.75) is 44.4 Å². The Labute approximate surface area is 225 Å². The maximum Gasteiger partial charge on any atom is 0.295 e. The number of thioether (sulfide) groups is 1. The maximum absolute atomic E-state index is 13.3. The van der Waals surface area contributed by atoms with Crippen LogP contribution in [0.5, 0.6) is 0 Å². The number of aromatic nitrogens is 3. The number of pyridine rings is 1. The van der Waals surface area contributed by atoms with Crippen LogP contribution in [0.3, 0.4) is 0 Å². The van der Waals surface area contributed by atoms with Gasteiger partial charge in [-0.25, -0.2) is 4.68 Å². The van der Waals surface area contributed by atoms with Gasteiger partial charge in [0.25, 0.3) is 11.1 Å². The zero-order valence-electron chi connectivity index (χ0n) is 21.2. The maximum atomic E-state index is 13.3. The zero-order valence-corrected chi connectivity index (χ0v) is 22.8. The van der Waals surface area contributed by atoms with Crippen molar-refractivity contribution < 1.29 is 4.79 Å². The van der Waals surface area contributed by atoms with E-state index >= 15 is 0 Å². The highest BCUT2D eigenvalue weighted by atomic mass is 32.2. The molecule has 0 saturated carbocycles. The number of carbonyl (C=O) groups is 1. The van der Waals surface area contributed by atoms with Crippen molar-refractivity contribution >= 4 is 39.9 Å². The highest BCUT2D eigenvalue weighted by molar-refractivity contribution is 8.23. The summed E-state index contributed by atoms with van der Waals surface area (Å²) in [7, 11) is 1.81. The Morgan fingerprint density at radius 2 is 1.86 bits per heavy atom. The van der Waals surface area contributed by atoms with E-state index in [4.69, 9.17) is 12.2 Å². The summed E-state index contributed by atoms with van der Waals surface area (Å²) >= 11 is 7.20. The van der Waals surface area contributed by atoms with E-state index in [0.717, 1.165) is 30.9 Å². The van der Waals surface area contributed by atoms with Crippen molar-refractivity contribution in [1.82, 2.24) is 18.8 Å². The first-order valence-electron chi connectivity index (χ1n) is 12.6. The molecule has 1 fully saturated rings. The number of hydrogen-bond acceptors (Lipinski definition) is 5. The average molecular weight is 538 g/mol. The summed E-state index contributed by atoms with van der Waals surface area (Å²) in [5.41, 5.74) is 2.57. The lowest BCUT2D eigenvalue weighted by Crippen LogP contribution is -2.48. The van der Waals surface area contributed by atoms with E-state index in [1.807, 2.05) is 60.9 Å². The molecule has 2 aliphatic heterocycles. The Morgan fingerprint density at radius 1 is 1.11 bits per heavy atom. The smallest absolute Gasteiger partial charge is 0.295 e. The molecule has 2 bridgehead atoms. The molecule has 3 aromatic rings. The number of thiocarbonyl (C=S) groups is 1. The number of rotatable bonds is 5. The lowest BCUT2D eigenvalue weighted by atomic mass is 9.83. The topological polar surface area (TPSA) is 81.3 Å². The molecule has 194 valence electrons. The van der Waals surface area contributed by atoms with Gasteiger partial charge >= 0.3 is 0 Å². The van der Waals surface area contributed by atoms with E-state index in [9.17, 15) is 14.4 Å². The van der Waals surface area contributed by atoms with Crippen LogP contribution in [0.25, 0.3) is 5.69 Å². The molecule has 4 heterocycles. The largest absolute Gasteiger partial charge is 0.356 e. The Hall–Kier alpha value is -3.11. The van der Waals surface area contributed by atoms with Crippen LogP contribution >= 0.6 is 24.0 Å². The number of benzene rings is 1. The predicted molar refractivity (Wildman–Crippen MR) is 152 cm³/mol. The quantitative estimate of drug-likeness (QED) is 0.502. The summed E-state index contributed by atoms with van der Waals surface area (Å²) in [5, 5.41) is 2.47. The summed E-state index contributed by atoms with van der Waals surface area (Å²) in [5.74, 6) is 0.370. The summed E-state index contributed by atoms with van der Waals surface area (Å²) < 4.78 is 5.90. The molecule has 5 rings (SSSR count). The van der Waals surface area contributed by atoms with Gasteiger partial charge in [-0.2, -0.15) is 0 Å². The molecule has 10 heteroatoms. The van der Waals surface area contributed by atoms with Crippen LogP contribution in [0.1, 0.15) is 37.1 Å². The van der Waals surface area contributed by atoms with Crippen molar-refractivity contribution in [3.8, 4) is 5.69 Å². The lowest BCUT2D eigenvalue weighted by molar-refractivity contribution is -0.115. The normalized spacial score (nSPS) is 19.3. The van der Waals surface area contributed by atoms with E-state index in [2.05, 4.69) is 10.2 Å². The van der Waals surface area contributed by atoms with Crippen LogP contribution in [-0.4, -0.2) is 47.4 Å². The first kappa shape index (κ1) is 25.5. The van der Waals surface area contributed by atoms with Gasteiger partial charge in [0.05, 0.1) is 16.6 Å². The molecular formula is C27H31N5O3S2. The number of hydrogen-bond donors (Lipinski definition) is 1. The van der Waals surface area contributed by atoms with Crippen LogP contribution in [0.4, 0.5) is 5.69 Å².